The van der Waals surface area contributed by atoms with Crippen molar-refractivity contribution in [2.75, 3.05) is 13.2 Å². The Hall–Kier alpha value is -2.45. The van der Waals surface area contributed by atoms with Crippen molar-refractivity contribution in [2.45, 2.75) is 97.5 Å². The van der Waals surface area contributed by atoms with Gasteiger partial charge in [-0.25, -0.2) is 0 Å². The van der Waals surface area contributed by atoms with Gasteiger partial charge in [0.05, 0.1) is 12.5 Å². The fourth-order valence-corrected chi connectivity index (χ4v) is 5.20. The largest absolute Gasteiger partial charge is 0.459 e. The second-order valence-electron chi connectivity index (χ2n) is 10.9. The number of esters is 1. The number of hydrogen-bond donors (Lipinski definition) is 3. The highest BCUT2D eigenvalue weighted by Gasteiger charge is 2.49. The summed E-state index contributed by atoms with van der Waals surface area (Å²) in [6.45, 7) is 11.7. The summed E-state index contributed by atoms with van der Waals surface area (Å²) in [5.41, 5.74) is 0.404. The van der Waals surface area contributed by atoms with E-state index in [1.54, 1.807) is 0 Å². The number of benzene rings is 1. The van der Waals surface area contributed by atoms with E-state index in [0.717, 1.165) is 18.4 Å². The molecule has 1 aliphatic heterocycles. The third-order valence-electron chi connectivity index (χ3n) is 6.74. The minimum atomic E-state index is -0.646. The summed E-state index contributed by atoms with van der Waals surface area (Å²) >= 11 is 0. The summed E-state index contributed by atoms with van der Waals surface area (Å²) in [4.78, 5) is 40.6. The summed E-state index contributed by atoms with van der Waals surface area (Å²) in [5.74, 6) is -0.891. The van der Waals surface area contributed by atoms with Gasteiger partial charge in [-0.2, -0.15) is 0 Å². The zero-order chi connectivity index (χ0) is 26.9. The van der Waals surface area contributed by atoms with E-state index >= 15 is 0 Å². The van der Waals surface area contributed by atoms with E-state index in [-0.39, 0.29) is 48.9 Å². The van der Waals surface area contributed by atoms with Crippen molar-refractivity contribution in [2.24, 2.45) is 11.8 Å². The lowest BCUT2D eigenvalue weighted by Gasteiger charge is -2.35. The maximum atomic E-state index is 13.4. The van der Waals surface area contributed by atoms with Crippen LogP contribution < -0.4 is 10.6 Å². The molecule has 0 radical (unpaired) electrons. The molecule has 8 heteroatoms. The van der Waals surface area contributed by atoms with Crippen molar-refractivity contribution < 1.29 is 24.2 Å². The van der Waals surface area contributed by atoms with E-state index in [0.29, 0.717) is 19.4 Å². The molecule has 1 aliphatic rings. The first kappa shape index (κ1) is 29.8. The summed E-state index contributed by atoms with van der Waals surface area (Å²) in [5, 5.41) is 15.1. The molecule has 1 aromatic carbocycles. The highest BCUT2D eigenvalue weighted by atomic mass is 16.6. The Morgan fingerprint density at radius 1 is 1.19 bits per heavy atom. The van der Waals surface area contributed by atoms with Crippen LogP contribution in [0.2, 0.25) is 0 Å². The molecule has 202 valence electrons. The fourth-order valence-electron chi connectivity index (χ4n) is 5.20. The third kappa shape index (κ3) is 8.89. The first-order valence-corrected chi connectivity index (χ1v) is 13.1. The Morgan fingerprint density at radius 3 is 2.42 bits per heavy atom. The molecule has 1 saturated heterocycles. The van der Waals surface area contributed by atoms with Gasteiger partial charge in [-0.1, -0.05) is 43.7 Å². The molecular weight excluding hydrogens is 458 g/mol. The Labute approximate surface area is 216 Å². The number of ether oxygens (including phenoxy) is 1. The molecule has 2 unspecified atom stereocenters. The van der Waals surface area contributed by atoms with Gasteiger partial charge in [0.2, 0.25) is 11.8 Å². The number of nitrogens with one attached hydrogen (secondary N) is 2. The number of likely N-dealkylation sites (tertiary alicyclic amines) is 1. The second-order valence-corrected chi connectivity index (χ2v) is 10.9. The molecule has 1 aromatic rings. The van der Waals surface area contributed by atoms with Crippen LogP contribution >= 0.6 is 0 Å². The van der Waals surface area contributed by atoms with Crippen LogP contribution in [0.3, 0.4) is 0 Å². The van der Waals surface area contributed by atoms with Crippen LogP contribution in [0.4, 0.5) is 0 Å². The molecule has 8 nitrogen and oxygen atoms in total. The van der Waals surface area contributed by atoms with Gasteiger partial charge in [-0.05, 0) is 58.4 Å². The van der Waals surface area contributed by atoms with Crippen molar-refractivity contribution in [1.82, 2.24) is 15.5 Å². The summed E-state index contributed by atoms with van der Waals surface area (Å²) in [6.07, 6.45) is 2.83. The number of aliphatic hydroxyl groups is 1. The van der Waals surface area contributed by atoms with Gasteiger partial charge in [0.1, 0.15) is 11.6 Å². The Morgan fingerprint density at radius 2 is 1.86 bits per heavy atom. The molecule has 1 heterocycles. The average molecular weight is 504 g/mol. The first-order chi connectivity index (χ1) is 17.0. The highest BCUT2D eigenvalue weighted by Crippen LogP contribution is 2.38. The summed E-state index contributed by atoms with van der Waals surface area (Å²) in [7, 11) is 0. The zero-order valence-corrected chi connectivity index (χ0v) is 22.8. The standard InChI is InChI=1S/C28H45N3O5/c1-7-11-22(19(2)30-20(3)33)16-24-23(26(34)29-14-15-32)17-25(27(35)36-28(4,5)6)31(24)18-21-12-9-8-10-13-21/h8-10,12-13,19,22-25,32H,7,11,14-18H2,1-6H3,(H,29,34)(H,30,33)/t19?,22?,23-,24-,25-/m1/s1. The minimum Gasteiger partial charge on any atom is -0.459 e. The molecular formula is C28H45N3O5. The molecule has 0 aliphatic carbocycles. The van der Waals surface area contributed by atoms with Gasteiger partial charge in [-0.3, -0.25) is 19.3 Å². The maximum Gasteiger partial charge on any atom is 0.323 e. The Bertz CT molecular complexity index is 854. The molecule has 5 atom stereocenters. The lowest BCUT2D eigenvalue weighted by Crippen LogP contribution is -2.47. The Kier molecular flexibility index (Phi) is 11.4. The minimum absolute atomic E-state index is 0.0669. The van der Waals surface area contributed by atoms with Crippen molar-refractivity contribution in [1.29, 1.82) is 0 Å². The smallest absolute Gasteiger partial charge is 0.323 e. The Balaban J connectivity index is 2.46. The van der Waals surface area contributed by atoms with Crippen LogP contribution in [0, 0.1) is 11.8 Å². The number of rotatable bonds is 12. The third-order valence-corrected chi connectivity index (χ3v) is 6.74. The molecule has 36 heavy (non-hydrogen) atoms. The van der Waals surface area contributed by atoms with Gasteiger partial charge in [0.15, 0.2) is 0 Å². The lowest BCUT2D eigenvalue weighted by molar-refractivity contribution is -0.161. The highest BCUT2D eigenvalue weighted by molar-refractivity contribution is 5.83. The van der Waals surface area contributed by atoms with Crippen molar-refractivity contribution in [3.8, 4) is 0 Å². The van der Waals surface area contributed by atoms with E-state index < -0.39 is 17.6 Å². The zero-order valence-electron chi connectivity index (χ0n) is 22.8. The molecule has 0 saturated carbocycles. The number of amides is 2. The number of aliphatic hydroxyl groups excluding tert-OH is 1. The number of nitrogens with zero attached hydrogens (tertiary/aromatic N) is 1. The number of hydrogen-bond acceptors (Lipinski definition) is 6. The van der Waals surface area contributed by atoms with Crippen LogP contribution in [0.15, 0.2) is 30.3 Å². The predicted octanol–water partition coefficient (Wildman–Crippen LogP) is 3.03. The summed E-state index contributed by atoms with van der Waals surface area (Å²) in [6, 6.07) is 9.06. The average Bonchev–Trinajstić information content (AvgIpc) is 3.14. The number of carbonyl (C=O) groups is 3. The van der Waals surface area contributed by atoms with Gasteiger partial charge in [0, 0.05) is 32.1 Å². The van der Waals surface area contributed by atoms with Gasteiger partial charge in [0.25, 0.3) is 0 Å². The quantitative estimate of drug-likeness (QED) is 0.379. The van der Waals surface area contributed by atoms with E-state index in [4.69, 9.17) is 4.74 Å². The van der Waals surface area contributed by atoms with Crippen LogP contribution in [-0.4, -0.2) is 64.7 Å². The van der Waals surface area contributed by atoms with E-state index in [2.05, 4.69) is 22.5 Å². The topological polar surface area (TPSA) is 108 Å². The molecule has 2 rings (SSSR count). The monoisotopic (exact) mass is 503 g/mol. The number of carbonyl (C=O) groups excluding carboxylic acids is 3. The van der Waals surface area contributed by atoms with Crippen LogP contribution in [0.1, 0.15) is 72.8 Å². The van der Waals surface area contributed by atoms with E-state index in [1.807, 2.05) is 58.0 Å². The molecule has 0 spiro atoms. The van der Waals surface area contributed by atoms with Crippen LogP contribution in [0.25, 0.3) is 0 Å². The lowest BCUT2D eigenvalue weighted by atomic mass is 9.84. The normalized spacial score (nSPS) is 22.0. The molecule has 1 fully saturated rings. The van der Waals surface area contributed by atoms with Gasteiger partial charge < -0.3 is 20.5 Å². The van der Waals surface area contributed by atoms with Gasteiger partial charge in [-0.15, -0.1) is 0 Å². The summed E-state index contributed by atoms with van der Waals surface area (Å²) < 4.78 is 5.79. The van der Waals surface area contributed by atoms with Crippen molar-refractivity contribution in [3.63, 3.8) is 0 Å². The van der Waals surface area contributed by atoms with E-state index in [9.17, 15) is 19.5 Å². The molecule has 2 amide bonds. The van der Waals surface area contributed by atoms with E-state index in [1.165, 1.54) is 6.92 Å². The first-order valence-electron chi connectivity index (χ1n) is 13.1. The molecule has 3 N–H and O–H groups in total. The van der Waals surface area contributed by atoms with Gasteiger partial charge >= 0.3 is 5.97 Å². The van der Waals surface area contributed by atoms with Crippen LogP contribution in [0.5, 0.6) is 0 Å². The molecule has 0 bridgehead atoms. The van der Waals surface area contributed by atoms with Crippen molar-refractivity contribution >= 4 is 17.8 Å². The fraction of sp³-hybridized carbons (Fsp3) is 0.679. The SMILES string of the molecule is CCCC(C[C@@H]1[C@H](C(=O)NCCO)C[C@H](C(=O)OC(C)(C)C)N1Cc1ccccc1)C(C)NC(C)=O. The second kappa shape index (κ2) is 13.7. The maximum absolute atomic E-state index is 13.4. The predicted molar refractivity (Wildman–Crippen MR) is 140 cm³/mol. The van der Waals surface area contributed by atoms with Crippen LogP contribution in [-0.2, 0) is 25.7 Å². The molecule has 0 aromatic heterocycles. The van der Waals surface area contributed by atoms with Crippen molar-refractivity contribution in [3.05, 3.63) is 35.9 Å².